The Balaban J connectivity index is 1.53. The summed E-state index contributed by atoms with van der Waals surface area (Å²) in [5, 5.41) is 4.00. The first kappa shape index (κ1) is 13.8. The van der Waals surface area contributed by atoms with Gasteiger partial charge in [0.25, 0.3) is 0 Å². The molecule has 0 saturated heterocycles. The summed E-state index contributed by atoms with van der Waals surface area (Å²) in [4.78, 5) is 12.8. The predicted octanol–water partition coefficient (Wildman–Crippen LogP) is 4.59. The van der Waals surface area contributed by atoms with Gasteiger partial charge in [-0.05, 0) is 67.4 Å². The number of anilines is 1. The maximum Gasteiger partial charge on any atom is 0.228 e. The molecule has 0 spiro atoms. The van der Waals surface area contributed by atoms with E-state index in [0.29, 0.717) is 11.8 Å². The highest BCUT2D eigenvalue weighted by atomic mass is 79.9. The minimum atomic E-state index is 0.265. The first-order valence-electron chi connectivity index (χ1n) is 8.19. The van der Waals surface area contributed by atoms with Gasteiger partial charge < -0.3 is 5.32 Å². The molecule has 0 radical (unpaired) electrons. The summed E-state index contributed by atoms with van der Waals surface area (Å²) >= 11 is 3.51. The number of hydrogen-bond donors (Lipinski definition) is 1. The number of hydrogen-bond acceptors (Lipinski definition) is 1. The molecule has 112 valence electrons. The summed E-state index contributed by atoms with van der Waals surface area (Å²) in [6.45, 7) is 0. The Morgan fingerprint density at radius 1 is 1.05 bits per heavy atom. The lowest BCUT2D eigenvalue weighted by Gasteiger charge is -2.53. The van der Waals surface area contributed by atoms with Crippen LogP contribution in [0.15, 0.2) is 24.3 Å². The molecule has 1 N–H and O–H groups in total. The molecule has 1 aromatic rings. The maximum atomic E-state index is 12.8. The number of alkyl halides is 1. The van der Waals surface area contributed by atoms with Crippen molar-refractivity contribution in [3.63, 3.8) is 0 Å². The Hall–Kier alpha value is -0.830. The summed E-state index contributed by atoms with van der Waals surface area (Å²) < 4.78 is 0. The monoisotopic (exact) mass is 347 g/mol. The first-order chi connectivity index (χ1) is 10.2. The van der Waals surface area contributed by atoms with Crippen LogP contribution in [0.5, 0.6) is 0 Å². The number of benzene rings is 1. The number of amides is 1. The van der Waals surface area contributed by atoms with Crippen molar-refractivity contribution in [2.75, 3.05) is 5.32 Å². The largest absolute Gasteiger partial charge is 0.326 e. The van der Waals surface area contributed by atoms with Crippen LogP contribution >= 0.6 is 15.9 Å². The number of rotatable bonds is 3. The lowest BCUT2D eigenvalue weighted by atomic mass is 9.51. The molecule has 0 aliphatic heterocycles. The molecule has 4 aliphatic rings. The first-order valence-corrected chi connectivity index (χ1v) is 9.31. The second-order valence-electron chi connectivity index (χ2n) is 7.24. The Labute approximate surface area is 134 Å². The number of halogens is 1. The lowest BCUT2D eigenvalue weighted by Crippen LogP contribution is -2.49. The predicted molar refractivity (Wildman–Crippen MR) is 88.2 cm³/mol. The van der Waals surface area contributed by atoms with E-state index < -0.39 is 0 Å². The summed E-state index contributed by atoms with van der Waals surface area (Å²) in [7, 11) is 0. The summed E-state index contributed by atoms with van der Waals surface area (Å²) in [6, 6.07) is 8.11. The Kier molecular flexibility index (Phi) is 3.56. The van der Waals surface area contributed by atoms with Gasteiger partial charge in [-0.25, -0.2) is 0 Å². The quantitative estimate of drug-likeness (QED) is 0.795. The average molecular weight is 348 g/mol. The van der Waals surface area contributed by atoms with E-state index in [9.17, 15) is 4.79 Å². The summed E-state index contributed by atoms with van der Waals surface area (Å²) in [5.74, 6) is 3.69. The second-order valence-corrected chi connectivity index (χ2v) is 7.80. The Morgan fingerprint density at radius 3 is 2.29 bits per heavy atom. The third-order valence-electron chi connectivity index (χ3n) is 5.95. The third-order valence-corrected chi connectivity index (χ3v) is 6.55. The number of nitrogens with one attached hydrogen (secondary N) is 1. The fourth-order valence-electron chi connectivity index (χ4n) is 5.33. The average Bonchev–Trinajstić information content (AvgIpc) is 2.46. The third kappa shape index (κ3) is 2.44. The zero-order chi connectivity index (χ0) is 14.4. The van der Waals surface area contributed by atoms with Crippen LogP contribution in [0.3, 0.4) is 0 Å². The minimum Gasteiger partial charge on any atom is -0.326 e. The molecule has 0 atom stereocenters. The minimum absolute atomic E-state index is 0.265. The van der Waals surface area contributed by atoms with Crippen molar-refractivity contribution in [1.82, 2.24) is 0 Å². The number of para-hydroxylation sites is 1. The molecule has 1 aromatic carbocycles. The molecule has 0 heterocycles. The van der Waals surface area contributed by atoms with Crippen molar-refractivity contribution in [1.29, 1.82) is 0 Å². The topological polar surface area (TPSA) is 29.1 Å². The zero-order valence-electron chi connectivity index (χ0n) is 12.2. The van der Waals surface area contributed by atoms with Crippen LogP contribution < -0.4 is 5.32 Å². The molecule has 3 heteroatoms. The van der Waals surface area contributed by atoms with E-state index in [4.69, 9.17) is 0 Å². The molecular formula is C18H22BrNO. The Bertz CT molecular complexity index is 528. The van der Waals surface area contributed by atoms with Crippen LogP contribution in [0.1, 0.15) is 37.7 Å². The molecule has 4 saturated carbocycles. The zero-order valence-corrected chi connectivity index (χ0v) is 13.8. The molecule has 4 aliphatic carbocycles. The normalized spacial score (nSPS) is 36.7. The van der Waals surface area contributed by atoms with E-state index in [2.05, 4.69) is 27.3 Å². The molecule has 0 unspecified atom stereocenters. The van der Waals surface area contributed by atoms with Crippen LogP contribution in [0.25, 0.3) is 0 Å². The highest BCUT2D eigenvalue weighted by Gasteiger charge is 2.50. The summed E-state index contributed by atoms with van der Waals surface area (Å²) in [5.41, 5.74) is 2.14. The molecule has 1 amide bonds. The SMILES string of the molecule is O=C(Nc1ccccc1CBr)C1C2CC3CC(C2)CC1C3. The van der Waals surface area contributed by atoms with Crippen LogP contribution in [0.2, 0.25) is 0 Å². The standard InChI is InChI=1S/C18H22BrNO/c19-10-13-3-1-2-4-16(13)20-18(21)17-14-6-11-5-12(8-14)9-15(17)7-11/h1-4,11-12,14-15,17H,5-10H2,(H,20,21). The van der Waals surface area contributed by atoms with Gasteiger partial charge >= 0.3 is 0 Å². The fourth-order valence-corrected chi connectivity index (χ4v) is 5.82. The molecule has 0 aromatic heterocycles. The van der Waals surface area contributed by atoms with Crippen LogP contribution in [0.4, 0.5) is 5.69 Å². The number of carbonyl (C=O) groups excluding carboxylic acids is 1. The van der Waals surface area contributed by atoms with Crippen molar-refractivity contribution in [2.24, 2.45) is 29.6 Å². The van der Waals surface area contributed by atoms with Gasteiger partial charge in [-0.3, -0.25) is 4.79 Å². The maximum absolute atomic E-state index is 12.8. The van der Waals surface area contributed by atoms with Gasteiger partial charge in [0.15, 0.2) is 0 Å². The van der Waals surface area contributed by atoms with Gasteiger partial charge in [-0.15, -0.1) is 0 Å². The molecule has 4 bridgehead atoms. The van der Waals surface area contributed by atoms with Crippen molar-refractivity contribution in [3.05, 3.63) is 29.8 Å². The van der Waals surface area contributed by atoms with E-state index in [1.807, 2.05) is 18.2 Å². The van der Waals surface area contributed by atoms with E-state index in [1.54, 1.807) is 0 Å². The fraction of sp³-hybridized carbons (Fsp3) is 0.611. The van der Waals surface area contributed by atoms with E-state index in [1.165, 1.54) is 32.1 Å². The molecule has 2 nitrogen and oxygen atoms in total. The molecular weight excluding hydrogens is 326 g/mol. The van der Waals surface area contributed by atoms with E-state index >= 15 is 0 Å². The van der Waals surface area contributed by atoms with Gasteiger partial charge in [-0.2, -0.15) is 0 Å². The van der Waals surface area contributed by atoms with Gasteiger partial charge in [0.2, 0.25) is 5.91 Å². The van der Waals surface area contributed by atoms with Gasteiger partial charge in [0, 0.05) is 16.9 Å². The van der Waals surface area contributed by atoms with Crippen LogP contribution in [0, 0.1) is 29.6 Å². The molecule has 21 heavy (non-hydrogen) atoms. The second kappa shape index (κ2) is 5.42. The van der Waals surface area contributed by atoms with Gasteiger partial charge in [-0.1, -0.05) is 34.1 Å². The van der Waals surface area contributed by atoms with Crippen molar-refractivity contribution in [2.45, 2.75) is 37.4 Å². The van der Waals surface area contributed by atoms with Crippen molar-refractivity contribution in [3.8, 4) is 0 Å². The highest BCUT2D eigenvalue weighted by Crippen LogP contribution is 2.56. The number of carbonyl (C=O) groups is 1. The van der Waals surface area contributed by atoms with E-state index in [0.717, 1.165) is 28.4 Å². The summed E-state index contributed by atoms with van der Waals surface area (Å²) in [6.07, 6.45) is 6.63. The van der Waals surface area contributed by atoms with Gasteiger partial charge in [0.1, 0.15) is 0 Å². The Morgan fingerprint density at radius 2 is 1.67 bits per heavy atom. The van der Waals surface area contributed by atoms with Crippen LogP contribution in [-0.2, 0) is 10.1 Å². The van der Waals surface area contributed by atoms with Crippen molar-refractivity contribution >= 4 is 27.5 Å². The molecule has 4 fully saturated rings. The van der Waals surface area contributed by atoms with Crippen molar-refractivity contribution < 1.29 is 4.79 Å². The van der Waals surface area contributed by atoms with Crippen LogP contribution in [-0.4, -0.2) is 5.91 Å². The smallest absolute Gasteiger partial charge is 0.228 e. The van der Waals surface area contributed by atoms with E-state index in [-0.39, 0.29) is 11.8 Å². The lowest BCUT2D eigenvalue weighted by molar-refractivity contribution is -0.132. The molecule has 5 rings (SSSR count). The highest BCUT2D eigenvalue weighted by molar-refractivity contribution is 9.08. The van der Waals surface area contributed by atoms with Gasteiger partial charge in [0.05, 0.1) is 0 Å².